The van der Waals surface area contributed by atoms with Crippen LogP contribution in [0.5, 0.6) is 0 Å². The number of hydrogen-bond donors (Lipinski definition) is 1. The van der Waals surface area contributed by atoms with E-state index in [9.17, 15) is 0 Å². The molecule has 3 atom stereocenters. The van der Waals surface area contributed by atoms with Crippen LogP contribution in [-0.2, 0) is 0 Å². The van der Waals surface area contributed by atoms with Crippen LogP contribution in [0.15, 0.2) is 0 Å². The van der Waals surface area contributed by atoms with E-state index in [0.717, 1.165) is 17.9 Å². The fourth-order valence-electron chi connectivity index (χ4n) is 4.00. The van der Waals surface area contributed by atoms with Gasteiger partial charge in [-0.1, -0.05) is 46.5 Å². The smallest absolute Gasteiger partial charge is 0.0105 e. The van der Waals surface area contributed by atoms with E-state index in [4.69, 9.17) is 0 Å². The van der Waals surface area contributed by atoms with Gasteiger partial charge in [0, 0.05) is 12.6 Å². The van der Waals surface area contributed by atoms with Crippen LogP contribution in [0.3, 0.4) is 0 Å². The van der Waals surface area contributed by atoms with Crippen LogP contribution in [0.1, 0.15) is 78.6 Å². The molecule has 0 amide bonds. The van der Waals surface area contributed by atoms with Gasteiger partial charge in [0.05, 0.1) is 0 Å². The second-order valence-corrected chi connectivity index (χ2v) is 7.13. The molecule has 1 rings (SSSR count). The van der Waals surface area contributed by atoms with E-state index in [-0.39, 0.29) is 0 Å². The molecule has 1 aliphatic rings. The first-order chi connectivity index (χ1) is 10.2. The van der Waals surface area contributed by atoms with Crippen molar-refractivity contribution in [3.05, 3.63) is 0 Å². The second kappa shape index (κ2) is 11.5. The summed E-state index contributed by atoms with van der Waals surface area (Å²) in [6.07, 6.45) is 12.4. The number of rotatable bonds is 11. The molecule has 0 heterocycles. The highest BCUT2D eigenvalue weighted by Crippen LogP contribution is 2.32. The van der Waals surface area contributed by atoms with Crippen molar-refractivity contribution in [3.63, 3.8) is 0 Å². The first kappa shape index (κ1) is 19.0. The van der Waals surface area contributed by atoms with Gasteiger partial charge in [-0.15, -0.1) is 0 Å². The van der Waals surface area contributed by atoms with Gasteiger partial charge >= 0.3 is 0 Å². The molecule has 0 saturated heterocycles. The second-order valence-electron chi connectivity index (χ2n) is 7.13. The van der Waals surface area contributed by atoms with Gasteiger partial charge in [-0.05, 0) is 64.1 Å². The fraction of sp³-hybridized carbons (Fsp3) is 1.00. The van der Waals surface area contributed by atoms with Crippen molar-refractivity contribution in [2.24, 2.45) is 11.8 Å². The normalized spacial score (nSPS) is 26.4. The Bertz CT molecular complexity index is 234. The average Bonchev–Trinajstić information content (AvgIpc) is 2.50. The zero-order valence-electron chi connectivity index (χ0n) is 15.2. The number of unbranched alkanes of at least 4 members (excludes halogenated alkanes) is 2. The molecule has 1 saturated carbocycles. The van der Waals surface area contributed by atoms with Crippen LogP contribution < -0.4 is 5.32 Å². The molecule has 126 valence electrons. The molecule has 0 spiro atoms. The topological polar surface area (TPSA) is 15.3 Å². The van der Waals surface area contributed by atoms with Gasteiger partial charge in [0.1, 0.15) is 0 Å². The third-order valence-electron chi connectivity index (χ3n) is 5.31. The molecule has 2 heteroatoms. The highest BCUT2D eigenvalue weighted by atomic mass is 15.1. The SMILES string of the molecule is CCCCN(CCCC)CC1CC(CCC)CCC1NC. The predicted molar refractivity (Wildman–Crippen MR) is 94.8 cm³/mol. The van der Waals surface area contributed by atoms with E-state index < -0.39 is 0 Å². The van der Waals surface area contributed by atoms with Gasteiger partial charge in [-0.2, -0.15) is 0 Å². The van der Waals surface area contributed by atoms with Crippen LogP contribution in [0, 0.1) is 11.8 Å². The lowest BCUT2D eigenvalue weighted by Crippen LogP contribution is -2.45. The fourth-order valence-corrected chi connectivity index (χ4v) is 4.00. The summed E-state index contributed by atoms with van der Waals surface area (Å²) in [6, 6.07) is 0.754. The summed E-state index contributed by atoms with van der Waals surface area (Å²) in [5.41, 5.74) is 0. The minimum absolute atomic E-state index is 0.754. The van der Waals surface area contributed by atoms with Crippen molar-refractivity contribution in [1.29, 1.82) is 0 Å². The van der Waals surface area contributed by atoms with Gasteiger partial charge in [0.2, 0.25) is 0 Å². The highest BCUT2D eigenvalue weighted by molar-refractivity contribution is 4.86. The van der Waals surface area contributed by atoms with Crippen molar-refractivity contribution in [3.8, 4) is 0 Å². The van der Waals surface area contributed by atoms with E-state index >= 15 is 0 Å². The van der Waals surface area contributed by atoms with E-state index in [1.807, 2.05) is 0 Å². The molecule has 0 bridgehead atoms. The standard InChI is InChI=1S/C19H40N2/c1-5-8-13-21(14-9-6-2)16-18-15-17(10-7-3)11-12-19(18)20-4/h17-20H,5-16H2,1-4H3. The maximum atomic E-state index is 3.61. The molecule has 3 unspecified atom stereocenters. The molecule has 1 aliphatic carbocycles. The Morgan fingerprint density at radius 2 is 1.62 bits per heavy atom. The Balaban J connectivity index is 2.53. The molecular weight excluding hydrogens is 256 g/mol. The maximum Gasteiger partial charge on any atom is 0.0105 e. The molecule has 0 radical (unpaired) electrons. The van der Waals surface area contributed by atoms with Crippen LogP contribution >= 0.6 is 0 Å². The largest absolute Gasteiger partial charge is 0.317 e. The summed E-state index contributed by atoms with van der Waals surface area (Å²) < 4.78 is 0. The van der Waals surface area contributed by atoms with Crippen molar-refractivity contribution in [1.82, 2.24) is 10.2 Å². The third-order valence-corrected chi connectivity index (χ3v) is 5.31. The maximum absolute atomic E-state index is 3.61. The summed E-state index contributed by atoms with van der Waals surface area (Å²) in [4.78, 5) is 2.76. The minimum Gasteiger partial charge on any atom is -0.317 e. The Hall–Kier alpha value is -0.0800. The number of hydrogen-bond acceptors (Lipinski definition) is 2. The van der Waals surface area contributed by atoms with Crippen LogP contribution in [0.25, 0.3) is 0 Å². The Morgan fingerprint density at radius 3 is 2.14 bits per heavy atom. The molecule has 0 aromatic carbocycles. The van der Waals surface area contributed by atoms with Crippen LogP contribution in [0.2, 0.25) is 0 Å². The molecule has 0 aromatic heterocycles. The summed E-state index contributed by atoms with van der Waals surface area (Å²) >= 11 is 0. The Labute approximate surface area is 134 Å². The van der Waals surface area contributed by atoms with Crippen molar-refractivity contribution < 1.29 is 0 Å². The van der Waals surface area contributed by atoms with Gasteiger partial charge in [0.15, 0.2) is 0 Å². The zero-order chi connectivity index (χ0) is 15.5. The van der Waals surface area contributed by atoms with Crippen molar-refractivity contribution in [2.45, 2.75) is 84.6 Å². The predicted octanol–water partition coefficient (Wildman–Crippen LogP) is 4.69. The van der Waals surface area contributed by atoms with Crippen molar-refractivity contribution in [2.75, 3.05) is 26.7 Å². The molecule has 1 fully saturated rings. The Morgan fingerprint density at radius 1 is 0.952 bits per heavy atom. The molecule has 2 nitrogen and oxygen atoms in total. The zero-order valence-corrected chi connectivity index (χ0v) is 15.2. The Kier molecular flexibility index (Phi) is 10.4. The van der Waals surface area contributed by atoms with Gasteiger partial charge in [-0.3, -0.25) is 0 Å². The third kappa shape index (κ3) is 7.15. The molecule has 0 aliphatic heterocycles. The molecular formula is C19H40N2. The highest BCUT2D eigenvalue weighted by Gasteiger charge is 2.30. The van der Waals surface area contributed by atoms with E-state index in [1.165, 1.54) is 77.4 Å². The van der Waals surface area contributed by atoms with E-state index in [1.54, 1.807) is 0 Å². The van der Waals surface area contributed by atoms with E-state index in [0.29, 0.717) is 0 Å². The first-order valence-corrected chi connectivity index (χ1v) is 9.64. The van der Waals surface area contributed by atoms with Crippen molar-refractivity contribution >= 4 is 0 Å². The van der Waals surface area contributed by atoms with Gasteiger partial charge < -0.3 is 10.2 Å². The lowest BCUT2D eigenvalue weighted by Gasteiger charge is -2.39. The number of nitrogens with zero attached hydrogens (tertiary/aromatic N) is 1. The monoisotopic (exact) mass is 296 g/mol. The lowest BCUT2D eigenvalue weighted by atomic mass is 9.76. The first-order valence-electron chi connectivity index (χ1n) is 9.64. The molecule has 0 aromatic rings. The molecule has 1 N–H and O–H groups in total. The van der Waals surface area contributed by atoms with Crippen LogP contribution in [0.4, 0.5) is 0 Å². The number of nitrogens with one attached hydrogen (secondary N) is 1. The molecule has 21 heavy (non-hydrogen) atoms. The summed E-state index contributed by atoms with van der Waals surface area (Å²) in [5.74, 6) is 1.86. The minimum atomic E-state index is 0.754. The van der Waals surface area contributed by atoms with Gasteiger partial charge in [-0.25, -0.2) is 0 Å². The summed E-state index contributed by atoms with van der Waals surface area (Å²) in [6.45, 7) is 10.9. The summed E-state index contributed by atoms with van der Waals surface area (Å²) in [5, 5.41) is 3.61. The average molecular weight is 297 g/mol. The summed E-state index contributed by atoms with van der Waals surface area (Å²) in [7, 11) is 2.17. The quantitative estimate of drug-likeness (QED) is 0.595. The van der Waals surface area contributed by atoms with Crippen LogP contribution in [-0.4, -0.2) is 37.6 Å². The van der Waals surface area contributed by atoms with E-state index in [2.05, 4.69) is 38.0 Å². The van der Waals surface area contributed by atoms with Gasteiger partial charge in [0.25, 0.3) is 0 Å². The lowest BCUT2D eigenvalue weighted by molar-refractivity contribution is 0.137.